The Morgan fingerprint density at radius 1 is 0.811 bits per heavy atom. The van der Waals surface area contributed by atoms with E-state index in [0.29, 0.717) is 0 Å². The number of aryl methyl sites for hydroxylation is 2. The molecule has 0 radical (unpaired) electrons. The Bertz CT molecular complexity index is 1370. The molecule has 0 saturated carbocycles. The molecule has 1 fully saturated rings. The fraction of sp³-hybridized carbons (Fsp3) is 0.375. The number of methoxy groups -OCH3 is 2. The summed E-state index contributed by atoms with van der Waals surface area (Å²) in [7, 11) is -6.78. The molecule has 0 aliphatic carbocycles. The minimum absolute atomic E-state index is 0.150. The SMILES string of the molecule is COC(=O)C(C(=O)OC)C(=O)[C@@H]1C[C@@H](OS(=O)(=O)c2ccc(C)cc2)CN1S(=O)(=O)c1ccc(C)cc1. The van der Waals surface area contributed by atoms with Gasteiger partial charge < -0.3 is 9.47 Å². The summed E-state index contributed by atoms with van der Waals surface area (Å²) < 4.78 is 67.9. The number of benzene rings is 2. The number of rotatable bonds is 9. The van der Waals surface area contributed by atoms with Gasteiger partial charge in [-0.05, 0) is 38.1 Å². The smallest absolute Gasteiger partial charge is 0.327 e. The zero-order valence-electron chi connectivity index (χ0n) is 20.6. The van der Waals surface area contributed by atoms with Crippen LogP contribution in [0.5, 0.6) is 0 Å². The fourth-order valence-electron chi connectivity index (χ4n) is 3.90. The molecule has 13 heteroatoms. The second kappa shape index (κ2) is 11.1. The van der Waals surface area contributed by atoms with Gasteiger partial charge in [0.05, 0.1) is 36.2 Å². The van der Waals surface area contributed by atoms with Crippen molar-refractivity contribution in [2.45, 2.75) is 42.2 Å². The van der Waals surface area contributed by atoms with Gasteiger partial charge in [0, 0.05) is 13.0 Å². The number of esters is 2. The Labute approximate surface area is 215 Å². The zero-order chi connectivity index (χ0) is 27.5. The Balaban J connectivity index is 2.01. The largest absolute Gasteiger partial charge is 0.468 e. The lowest BCUT2D eigenvalue weighted by molar-refractivity contribution is -0.162. The van der Waals surface area contributed by atoms with Gasteiger partial charge in [0.2, 0.25) is 15.9 Å². The number of hydrogen-bond donors (Lipinski definition) is 0. The molecule has 1 aliphatic heterocycles. The number of hydrogen-bond acceptors (Lipinski definition) is 10. The molecule has 1 saturated heterocycles. The van der Waals surface area contributed by atoms with Crippen LogP contribution in [-0.4, -0.2) is 71.8 Å². The second-order valence-electron chi connectivity index (χ2n) is 8.51. The van der Waals surface area contributed by atoms with Crippen molar-refractivity contribution in [3.05, 3.63) is 59.7 Å². The molecule has 2 atom stereocenters. The number of nitrogens with zero attached hydrogens (tertiary/aromatic N) is 1. The van der Waals surface area contributed by atoms with E-state index < -0.39 is 68.9 Å². The first-order valence-electron chi connectivity index (χ1n) is 11.1. The van der Waals surface area contributed by atoms with E-state index in [-0.39, 0.29) is 9.79 Å². The summed E-state index contributed by atoms with van der Waals surface area (Å²) in [6.45, 7) is 3.01. The molecule has 200 valence electrons. The lowest BCUT2D eigenvalue weighted by Crippen LogP contribution is -2.47. The lowest BCUT2D eigenvalue weighted by atomic mass is 9.96. The summed E-state index contributed by atoms with van der Waals surface area (Å²) in [4.78, 5) is 37.6. The maximum absolute atomic E-state index is 13.5. The molecular weight excluding hydrogens is 526 g/mol. The highest BCUT2D eigenvalue weighted by molar-refractivity contribution is 7.89. The fourth-order valence-corrected chi connectivity index (χ4v) is 6.62. The van der Waals surface area contributed by atoms with Crippen LogP contribution in [0.2, 0.25) is 0 Å². The van der Waals surface area contributed by atoms with Gasteiger partial charge in [-0.15, -0.1) is 0 Å². The highest BCUT2D eigenvalue weighted by Crippen LogP contribution is 2.32. The van der Waals surface area contributed by atoms with E-state index in [1.165, 1.54) is 24.3 Å². The average Bonchev–Trinajstić information content (AvgIpc) is 3.28. The van der Waals surface area contributed by atoms with Crippen LogP contribution in [0, 0.1) is 19.8 Å². The summed E-state index contributed by atoms with van der Waals surface area (Å²) in [5.74, 6) is -5.65. The lowest BCUT2D eigenvalue weighted by Gasteiger charge is -2.24. The molecule has 0 N–H and O–H groups in total. The Hall–Kier alpha value is -3.13. The molecule has 2 aromatic carbocycles. The quantitative estimate of drug-likeness (QED) is 0.253. The summed E-state index contributed by atoms with van der Waals surface area (Å²) in [5.41, 5.74) is 1.60. The molecule has 3 rings (SSSR count). The molecule has 0 amide bonds. The standard InChI is InChI=1S/C24H27NO10S2/c1-15-5-9-18(10-6-15)36(29,30)25-14-17(35-37(31,32)19-11-7-16(2)8-12-19)13-20(25)22(26)21(23(27)33-3)24(28)34-4/h5-12,17,20-21H,13-14H2,1-4H3/t17-,20+/m1/s1. The predicted octanol–water partition coefficient (Wildman–Crippen LogP) is 1.37. The normalized spacial score (nSPS) is 18.5. The summed E-state index contributed by atoms with van der Waals surface area (Å²) >= 11 is 0. The number of ketones is 1. The van der Waals surface area contributed by atoms with Crippen LogP contribution in [0.15, 0.2) is 58.3 Å². The van der Waals surface area contributed by atoms with Crippen molar-refractivity contribution in [1.82, 2.24) is 4.31 Å². The molecule has 37 heavy (non-hydrogen) atoms. The Morgan fingerprint density at radius 3 is 1.73 bits per heavy atom. The van der Waals surface area contributed by atoms with Crippen LogP contribution in [-0.2, 0) is 48.2 Å². The van der Waals surface area contributed by atoms with Crippen LogP contribution in [0.25, 0.3) is 0 Å². The average molecular weight is 554 g/mol. The van der Waals surface area contributed by atoms with Gasteiger partial charge in [-0.1, -0.05) is 35.4 Å². The van der Waals surface area contributed by atoms with Gasteiger partial charge in [0.1, 0.15) is 0 Å². The summed E-state index contributed by atoms with van der Waals surface area (Å²) in [5, 5.41) is 0. The Morgan fingerprint density at radius 2 is 1.27 bits per heavy atom. The molecule has 1 aliphatic rings. The van der Waals surface area contributed by atoms with E-state index in [0.717, 1.165) is 29.7 Å². The van der Waals surface area contributed by atoms with E-state index in [4.69, 9.17) is 4.18 Å². The molecule has 0 spiro atoms. The highest BCUT2D eigenvalue weighted by Gasteiger charge is 2.51. The molecule has 11 nitrogen and oxygen atoms in total. The monoisotopic (exact) mass is 553 g/mol. The molecule has 0 unspecified atom stereocenters. The molecule has 2 aromatic rings. The van der Waals surface area contributed by atoms with Gasteiger partial charge in [0.15, 0.2) is 5.78 Å². The van der Waals surface area contributed by atoms with Crippen LogP contribution < -0.4 is 0 Å². The van der Waals surface area contributed by atoms with E-state index >= 15 is 0 Å². The minimum Gasteiger partial charge on any atom is -0.468 e. The Kier molecular flexibility index (Phi) is 8.52. The van der Waals surface area contributed by atoms with Crippen LogP contribution in [0.3, 0.4) is 0 Å². The van der Waals surface area contributed by atoms with Crippen molar-refractivity contribution in [3.63, 3.8) is 0 Å². The van der Waals surface area contributed by atoms with Crippen molar-refractivity contribution in [1.29, 1.82) is 0 Å². The molecule has 1 heterocycles. The molecule has 0 aromatic heterocycles. The third-order valence-corrected chi connectivity index (χ3v) is 9.17. The first-order chi connectivity index (χ1) is 17.3. The number of ether oxygens (including phenoxy) is 2. The number of carbonyl (C=O) groups excluding carboxylic acids is 3. The first-order valence-corrected chi connectivity index (χ1v) is 13.9. The third-order valence-electron chi connectivity index (χ3n) is 5.90. The van der Waals surface area contributed by atoms with Gasteiger partial charge in [-0.3, -0.25) is 18.6 Å². The highest BCUT2D eigenvalue weighted by atomic mass is 32.2. The number of Topliss-reactive ketones (excluding diaryl/α,β-unsaturated/α-hetero) is 1. The zero-order valence-corrected chi connectivity index (χ0v) is 22.2. The van der Waals surface area contributed by atoms with E-state index in [1.807, 2.05) is 0 Å². The topological polar surface area (TPSA) is 150 Å². The molecular formula is C24H27NO10S2. The molecule has 0 bridgehead atoms. The first kappa shape index (κ1) is 28.4. The summed E-state index contributed by atoms with van der Waals surface area (Å²) in [6, 6.07) is 10.0. The number of carbonyl (C=O) groups is 3. The van der Waals surface area contributed by atoms with Crippen molar-refractivity contribution in [2.75, 3.05) is 20.8 Å². The van der Waals surface area contributed by atoms with E-state index in [1.54, 1.807) is 38.1 Å². The van der Waals surface area contributed by atoms with E-state index in [2.05, 4.69) is 9.47 Å². The van der Waals surface area contributed by atoms with Crippen molar-refractivity contribution < 1.29 is 44.9 Å². The maximum atomic E-state index is 13.5. The van der Waals surface area contributed by atoms with Crippen LogP contribution >= 0.6 is 0 Å². The maximum Gasteiger partial charge on any atom is 0.327 e. The van der Waals surface area contributed by atoms with Crippen molar-refractivity contribution in [3.8, 4) is 0 Å². The number of sulfonamides is 1. The van der Waals surface area contributed by atoms with Crippen molar-refractivity contribution >= 4 is 37.9 Å². The van der Waals surface area contributed by atoms with Gasteiger partial charge >= 0.3 is 11.9 Å². The van der Waals surface area contributed by atoms with Gasteiger partial charge in [-0.25, -0.2) is 8.42 Å². The van der Waals surface area contributed by atoms with E-state index in [9.17, 15) is 31.2 Å². The second-order valence-corrected chi connectivity index (χ2v) is 12.0. The van der Waals surface area contributed by atoms with Crippen LogP contribution in [0.1, 0.15) is 17.5 Å². The summed E-state index contributed by atoms with van der Waals surface area (Å²) in [6.07, 6.45) is -1.71. The van der Waals surface area contributed by atoms with Gasteiger partial charge in [0.25, 0.3) is 10.1 Å². The van der Waals surface area contributed by atoms with Gasteiger partial charge in [-0.2, -0.15) is 12.7 Å². The predicted molar refractivity (Wildman–Crippen MR) is 129 cm³/mol. The van der Waals surface area contributed by atoms with Crippen molar-refractivity contribution in [2.24, 2.45) is 5.92 Å². The van der Waals surface area contributed by atoms with Crippen LogP contribution in [0.4, 0.5) is 0 Å². The minimum atomic E-state index is -4.37. The third kappa shape index (κ3) is 6.06.